The van der Waals surface area contributed by atoms with Crippen molar-refractivity contribution in [1.82, 2.24) is 4.98 Å². The van der Waals surface area contributed by atoms with Crippen molar-refractivity contribution < 1.29 is 27.4 Å². The molecule has 0 saturated heterocycles. The molecule has 0 radical (unpaired) electrons. The average molecular weight is 390 g/mol. The fourth-order valence-electron chi connectivity index (χ4n) is 1.26. The highest BCUT2D eigenvalue weighted by atomic mass is 127. The van der Waals surface area contributed by atoms with E-state index in [0.29, 0.717) is 5.56 Å². The Hall–Kier alpha value is -1.10. The molecule has 1 aromatic heterocycles. The van der Waals surface area contributed by atoms with Gasteiger partial charge >= 0.3 is 12.3 Å². The van der Waals surface area contributed by atoms with Gasteiger partial charge in [-0.15, -0.1) is 13.2 Å². The molecule has 0 saturated carbocycles. The maximum Gasteiger partial charge on any atom is 0.574 e. The second-order valence-corrected chi connectivity index (χ2v) is 4.43. The quantitative estimate of drug-likeness (QED) is 0.482. The minimum atomic E-state index is -4.84. The summed E-state index contributed by atoms with van der Waals surface area (Å²) in [6, 6.07) is 1.35. The Bertz CT molecular complexity index is 480. The van der Waals surface area contributed by atoms with E-state index < -0.39 is 18.2 Å². The molecule has 0 unspecified atom stereocenters. The van der Waals surface area contributed by atoms with Crippen molar-refractivity contribution in [3.63, 3.8) is 0 Å². The van der Waals surface area contributed by atoms with Crippen LogP contribution in [0, 0.1) is 3.70 Å². The summed E-state index contributed by atoms with van der Waals surface area (Å²) < 4.78 is 45.0. The molecular weight excluding hydrogens is 380 g/mol. The molecule has 0 aromatic carbocycles. The van der Waals surface area contributed by atoms with E-state index in [4.69, 9.17) is 5.73 Å². The zero-order valence-electron chi connectivity index (χ0n) is 9.75. The summed E-state index contributed by atoms with van der Waals surface area (Å²) in [6.45, 7) is -0.191. The second-order valence-electron chi connectivity index (χ2n) is 3.41. The molecule has 0 fully saturated rings. The van der Waals surface area contributed by atoms with Crippen molar-refractivity contribution in [2.24, 2.45) is 5.73 Å². The van der Waals surface area contributed by atoms with Crippen molar-refractivity contribution in [3.8, 4) is 5.88 Å². The van der Waals surface area contributed by atoms with E-state index in [9.17, 15) is 18.0 Å². The van der Waals surface area contributed by atoms with Gasteiger partial charge in [-0.05, 0) is 34.2 Å². The Morgan fingerprint density at radius 1 is 1.47 bits per heavy atom. The first-order chi connectivity index (χ1) is 8.76. The van der Waals surface area contributed by atoms with Gasteiger partial charge in [0.15, 0.2) is 0 Å². The van der Waals surface area contributed by atoms with E-state index in [1.807, 2.05) is 0 Å². The van der Waals surface area contributed by atoms with Gasteiger partial charge in [-0.25, -0.2) is 4.98 Å². The summed E-state index contributed by atoms with van der Waals surface area (Å²) in [5, 5.41) is 0. The molecule has 0 aliphatic carbocycles. The van der Waals surface area contributed by atoms with Crippen molar-refractivity contribution in [1.29, 1.82) is 0 Å². The topological polar surface area (TPSA) is 74.4 Å². The van der Waals surface area contributed by atoms with E-state index in [0.717, 1.165) is 0 Å². The Labute approximate surface area is 120 Å². The SMILES string of the molecule is COC(=O)Cc1cc(CN)c(OC(F)(F)F)nc1I. The summed E-state index contributed by atoms with van der Waals surface area (Å²) in [5.74, 6) is -1.12. The van der Waals surface area contributed by atoms with Crippen LogP contribution in [0.2, 0.25) is 0 Å². The van der Waals surface area contributed by atoms with E-state index in [1.54, 1.807) is 22.6 Å². The number of aromatic nitrogens is 1. The summed E-state index contributed by atoms with van der Waals surface area (Å²) in [6.07, 6.45) is -4.94. The van der Waals surface area contributed by atoms with Crippen LogP contribution in [0.15, 0.2) is 6.07 Å². The maximum absolute atomic E-state index is 12.2. The highest BCUT2D eigenvalue weighted by Gasteiger charge is 2.33. The maximum atomic E-state index is 12.2. The van der Waals surface area contributed by atoms with Crippen LogP contribution in [0.3, 0.4) is 0 Å². The number of rotatable bonds is 4. The van der Waals surface area contributed by atoms with Crippen molar-refractivity contribution >= 4 is 28.6 Å². The van der Waals surface area contributed by atoms with E-state index in [1.165, 1.54) is 13.2 Å². The number of alkyl halides is 3. The molecule has 0 aliphatic heterocycles. The molecule has 1 rings (SSSR count). The number of esters is 1. The third-order valence-electron chi connectivity index (χ3n) is 2.08. The zero-order chi connectivity index (χ0) is 14.6. The highest BCUT2D eigenvalue weighted by molar-refractivity contribution is 14.1. The van der Waals surface area contributed by atoms with Crippen molar-refractivity contribution in [3.05, 3.63) is 20.9 Å². The number of nitrogens with two attached hydrogens (primary N) is 1. The molecule has 5 nitrogen and oxygen atoms in total. The first-order valence-corrected chi connectivity index (χ1v) is 6.05. The molecule has 0 atom stereocenters. The smallest absolute Gasteiger partial charge is 0.469 e. The monoisotopic (exact) mass is 390 g/mol. The number of carbonyl (C=O) groups excluding carboxylic acids is 1. The number of pyridine rings is 1. The molecule has 0 aliphatic rings. The molecule has 19 heavy (non-hydrogen) atoms. The van der Waals surface area contributed by atoms with Crippen molar-refractivity contribution in [2.75, 3.05) is 7.11 Å². The lowest BCUT2D eigenvalue weighted by atomic mass is 10.1. The van der Waals surface area contributed by atoms with Gasteiger partial charge in [0.1, 0.15) is 3.70 Å². The number of methoxy groups -OCH3 is 1. The number of halogens is 4. The van der Waals surface area contributed by atoms with Crippen molar-refractivity contribution in [2.45, 2.75) is 19.3 Å². The van der Waals surface area contributed by atoms with Crippen LogP contribution in [-0.2, 0) is 22.5 Å². The Morgan fingerprint density at radius 3 is 2.58 bits per heavy atom. The third-order valence-corrected chi connectivity index (χ3v) is 3.02. The molecule has 1 heterocycles. The molecular formula is C10H10F3IN2O3. The molecule has 2 N–H and O–H groups in total. The van der Waals surface area contributed by atoms with Crippen LogP contribution in [0.1, 0.15) is 11.1 Å². The average Bonchev–Trinajstić information content (AvgIpc) is 2.30. The second kappa shape index (κ2) is 6.37. The van der Waals surface area contributed by atoms with Gasteiger partial charge in [0.05, 0.1) is 13.5 Å². The first-order valence-electron chi connectivity index (χ1n) is 4.97. The summed E-state index contributed by atoms with van der Waals surface area (Å²) in [5.41, 5.74) is 5.84. The number of hydrogen-bond acceptors (Lipinski definition) is 5. The molecule has 9 heteroatoms. The van der Waals surface area contributed by atoms with Gasteiger partial charge in [0.25, 0.3) is 0 Å². The fraction of sp³-hybridized carbons (Fsp3) is 0.400. The largest absolute Gasteiger partial charge is 0.574 e. The van der Waals surface area contributed by atoms with Gasteiger partial charge in [0, 0.05) is 12.1 Å². The van der Waals surface area contributed by atoms with E-state index in [-0.39, 0.29) is 22.2 Å². The van der Waals surface area contributed by atoms with E-state index in [2.05, 4.69) is 14.5 Å². The lowest BCUT2D eigenvalue weighted by molar-refractivity contribution is -0.276. The Balaban J connectivity index is 3.10. The molecule has 106 valence electrons. The Morgan fingerprint density at radius 2 is 2.11 bits per heavy atom. The third kappa shape index (κ3) is 4.82. The summed E-state index contributed by atoms with van der Waals surface area (Å²) in [4.78, 5) is 14.8. The number of hydrogen-bond donors (Lipinski definition) is 1. The Kier molecular flexibility index (Phi) is 5.35. The number of ether oxygens (including phenoxy) is 2. The predicted molar refractivity (Wildman–Crippen MR) is 67.2 cm³/mol. The lowest BCUT2D eigenvalue weighted by Crippen LogP contribution is -2.20. The zero-order valence-corrected chi connectivity index (χ0v) is 11.9. The van der Waals surface area contributed by atoms with Gasteiger partial charge in [-0.3, -0.25) is 4.79 Å². The summed E-state index contributed by atoms with van der Waals surface area (Å²) in [7, 11) is 1.22. The molecule has 1 aromatic rings. The van der Waals surface area contributed by atoms with Gasteiger partial charge in [0.2, 0.25) is 5.88 Å². The van der Waals surface area contributed by atoms with Crippen LogP contribution in [-0.4, -0.2) is 24.4 Å². The molecule has 0 amide bonds. The highest BCUT2D eigenvalue weighted by Crippen LogP contribution is 2.27. The van der Waals surface area contributed by atoms with E-state index >= 15 is 0 Å². The van der Waals surface area contributed by atoms with Gasteiger partial charge in [-0.2, -0.15) is 0 Å². The van der Waals surface area contributed by atoms with Crippen LogP contribution in [0.25, 0.3) is 0 Å². The lowest BCUT2D eigenvalue weighted by Gasteiger charge is -2.13. The van der Waals surface area contributed by atoms with Crippen LogP contribution in [0.5, 0.6) is 5.88 Å². The molecule has 0 spiro atoms. The van der Waals surface area contributed by atoms with Gasteiger partial charge < -0.3 is 15.2 Å². The van der Waals surface area contributed by atoms with Crippen LogP contribution >= 0.6 is 22.6 Å². The minimum absolute atomic E-state index is 0.0663. The van der Waals surface area contributed by atoms with Gasteiger partial charge in [-0.1, -0.05) is 0 Å². The summed E-state index contributed by atoms with van der Waals surface area (Å²) >= 11 is 1.71. The number of nitrogens with zero attached hydrogens (tertiary/aromatic N) is 1. The molecule has 0 bridgehead atoms. The number of carbonyl (C=O) groups is 1. The normalized spacial score (nSPS) is 11.3. The first kappa shape index (κ1) is 16.0. The predicted octanol–water partition coefficient (Wildman–Crippen LogP) is 1.76. The standard InChI is InChI=1S/C10H10F3IN2O3/c1-18-7(17)3-5-2-6(4-15)9(16-8(5)14)19-10(11,12)13/h2H,3-4,15H2,1H3. The fourth-order valence-corrected chi connectivity index (χ4v) is 1.83. The van der Waals surface area contributed by atoms with Crippen LogP contribution < -0.4 is 10.5 Å². The van der Waals surface area contributed by atoms with Crippen LogP contribution in [0.4, 0.5) is 13.2 Å². The minimum Gasteiger partial charge on any atom is -0.469 e.